The van der Waals surface area contributed by atoms with Crippen molar-refractivity contribution in [2.24, 2.45) is 0 Å². The molecule has 1 N–H and O–H groups in total. The van der Waals surface area contributed by atoms with E-state index in [2.05, 4.69) is 10.3 Å². The molecule has 5 rings (SSSR count). The molecule has 3 aromatic carbocycles. The van der Waals surface area contributed by atoms with Gasteiger partial charge in [-0.05, 0) is 30.3 Å². The lowest BCUT2D eigenvalue weighted by atomic mass is 9.83. The highest BCUT2D eigenvalue weighted by Gasteiger charge is 2.52. The van der Waals surface area contributed by atoms with Crippen molar-refractivity contribution in [3.05, 3.63) is 101 Å². The van der Waals surface area contributed by atoms with Crippen molar-refractivity contribution in [2.75, 3.05) is 13.7 Å². The van der Waals surface area contributed by atoms with Crippen LogP contribution >= 0.6 is 11.3 Å². The lowest BCUT2D eigenvalue weighted by Crippen LogP contribution is -2.46. The van der Waals surface area contributed by atoms with Gasteiger partial charge in [0.1, 0.15) is 5.01 Å². The largest absolute Gasteiger partial charge is 0.326 e. The Labute approximate surface area is 196 Å². The maximum atomic E-state index is 13.8. The number of carbonyl (C=O) groups excluding carboxylic acids is 2. The van der Waals surface area contributed by atoms with Gasteiger partial charge in [-0.15, -0.1) is 11.3 Å². The molecule has 0 bridgehead atoms. The van der Waals surface area contributed by atoms with Crippen LogP contribution in [0.1, 0.15) is 16.1 Å². The summed E-state index contributed by atoms with van der Waals surface area (Å²) < 4.78 is 1.13. The Morgan fingerprint density at radius 1 is 0.939 bits per heavy atom. The third-order valence-electron chi connectivity index (χ3n) is 5.88. The summed E-state index contributed by atoms with van der Waals surface area (Å²) in [4.78, 5) is 34.7. The second kappa shape index (κ2) is 8.77. The molecule has 1 aliphatic heterocycles. The molecule has 166 valence electrons. The summed E-state index contributed by atoms with van der Waals surface area (Å²) in [5.41, 5.74) is 1.60. The van der Waals surface area contributed by atoms with E-state index in [1.165, 1.54) is 4.90 Å². The molecule has 0 aliphatic carbocycles. The van der Waals surface area contributed by atoms with E-state index in [1.54, 1.807) is 11.3 Å². The van der Waals surface area contributed by atoms with E-state index in [4.69, 9.17) is 0 Å². The van der Waals surface area contributed by atoms with Crippen LogP contribution in [0.2, 0.25) is 0 Å². The number of fused-ring (bicyclic) bond motifs is 1. The Balaban J connectivity index is 1.39. The first-order valence-electron chi connectivity index (χ1n) is 10.8. The van der Waals surface area contributed by atoms with Gasteiger partial charge in [0.05, 0.1) is 23.4 Å². The van der Waals surface area contributed by atoms with Crippen LogP contribution in [0.3, 0.4) is 0 Å². The van der Waals surface area contributed by atoms with Crippen LogP contribution in [0.5, 0.6) is 0 Å². The summed E-state index contributed by atoms with van der Waals surface area (Å²) in [5.74, 6) is -0.237. The van der Waals surface area contributed by atoms with Gasteiger partial charge in [0.15, 0.2) is 5.54 Å². The highest BCUT2D eigenvalue weighted by molar-refractivity contribution is 7.18. The average molecular weight is 457 g/mol. The number of benzene rings is 3. The fourth-order valence-corrected chi connectivity index (χ4v) is 5.35. The van der Waals surface area contributed by atoms with Gasteiger partial charge >= 0.3 is 6.03 Å². The molecular weight excluding hydrogens is 432 g/mol. The van der Waals surface area contributed by atoms with Gasteiger partial charge in [-0.25, -0.2) is 14.7 Å². The second-order valence-corrected chi connectivity index (χ2v) is 9.44. The minimum Gasteiger partial charge on any atom is -0.319 e. The van der Waals surface area contributed by atoms with E-state index in [-0.39, 0.29) is 18.6 Å². The van der Waals surface area contributed by atoms with Crippen LogP contribution in [-0.2, 0) is 23.3 Å². The smallest absolute Gasteiger partial charge is 0.319 e. The van der Waals surface area contributed by atoms with E-state index in [1.807, 2.05) is 96.9 Å². The molecule has 0 radical (unpaired) electrons. The van der Waals surface area contributed by atoms with Gasteiger partial charge in [0, 0.05) is 6.42 Å². The first kappa shape index (κ1) is 21.3. The minimum absolute atomic E-state index is 0.184. The van der Waals surface area contributed by atoms with Crippen molar-refractivity contribution in [2.45, 2.75) is 18.5 Å². The summed E-state index contributed by atoms with van der Waals surface area (Å²) in [6, 6.07) is 26.9. The Morgan fingerprint density at radius 3 is 2.33 bits per heavy atom. The Kier molecular flexibility index (Phi) is 5.66. The average Bonchev–Trinajstić information content (AvgIpc) is 3.34. The minimum atomic E-state index is -1.13. The van der Waals surface area contributed by atoms with E-state index in [0.717, 1.165) is 26.4 Å². The predicted molar refractivity (Wildman–Crippen MR) is 130 cm³/mol. The summed E-state index contributed by atoms with van der Waals surface area (Å²) in [6.45, 7) is 0.734. The lowest BCUT2D eigenvalue weighted by molar-refractivity contribution is -0.133. The van der Waals surface area contributed by atoms with Gasteiger partial charge < -0.3 is 5.32 Å². The SMILES string of the molecule is CN(Cc1nc2ccccc2s1)CN1C(=O)NC(Cc2ccccc2)(c2ccccc2)C1=O. The zero-order valence-electron chi connectivity index (χ0n) is 18.3. The quantitative estimate of drug-likeness (QED) is 0.419. The van der Waals surface area contributed by atoms with Gasteiger partial charge in [-0.3, -0.25) is 9.69 Å². The number of carbonyl (C=O) groups is 2. The maximum Gasteiger partial charge on any atom is 0.326 e. The first-order valence-corrected chi connectivity index (χ1v) is 11.6. The highest BCUT2D eigenvalue weighted by atomic mass is 32.1. The van der Waals surface area contributed by atoms with Crippen LogP contribution in [0.4, 0.5) is 4.79 Å². The number of para-hydroxylation sites is 1. The Hall–Kier alpha value is -3.55. The number of amides is 3. The van der Waals surface area contributed by atoms with Gasteiger partial charge in [-0.2, -0.15) is 0 Å². The molecule has 33 heavy (non-hydrogen) atoms. The number of thiazole rings is 1. The summed E-state index contributed by atoms with van der Waals surface area (Å²) in [6.07, 6.45) is 0.389. The molecule has 2 heterocycles. The van der Waals surface area contributed by atoms with Crippen molar-refractivity contribution < 1.29 is 9.59 Å². The van der Waals surface area contributed by atoms with Crippen molar-refractivity contribution in [1.82, 2.24) is 20.1 Å². The van der Waals surface area contributed by atoms with Crippen molar-refractivity contribution in [3.8, 4) is 0 Å². The third-order valence-corrected chi connectivity index (χ3v) is 6.90. The third kappa shape index (κ3) is 4.13. The number of imide groups is 1. The molecule has 7 heteroatoms. The molecule has 4 aromatic rings. The second-order valence-electron chi connectivity index (χ2n) is 8.33. The fourth-order valence-electron chi connectivity index (χ4n) is 4.31. The normalized spacial score (nSPS) is 18.3. The molecule has 0 saturated carbocycles. The lowest BCUT2D eigenvalue weighted by Gasteiger charge is -2.28. The molecular formula is C26H24N4O2S. The molecule has 6 nitrogen and oxygen atoms in total. The van der Waals surface area contributed by atoms with E-state index >= 15 is 0 Å². The summed E-state index contributed by atoms with van der Waals surface area (Å²) in [7, 11) is 1.90. The highest BCUT2D eigenvalue weighted by Crippen LogP contribution is 2.33. The monoisotopic (exact) mass is 456 g/mol. The van der Waals surface area contributed by atoms with Crippen LogP contribution < -0.4 is 5.32 Å². The number of hydrogen-bond acceptors (Lipinski definition) is 5. The van der Waals surface area contributed by atoms with E-state index in [9.17, 15) is 9.59 Å². The molecule has 1 saturated heterocycles. The van der Waals surface area contributed by atoms with Gasteiger partial charge in [0.25, 0.3) is 5.91 Å². The zero-order valence-corrected chi connectivity index (χ0v) is 19.1. The number of urea groups is 1. The predicted octanol–water partition coefficient (Wildman–Crippen LogP) is 4.38. The number of nitrogens with one attached hydrogen (secondary N) is 1. The van der Waals surface area contributed by atoms with Crippen LogP contribution in [0.25, 0.3) is 10.2 Å². The van der Waals surface area contributed by atoms with Gasteiger partial charge in [-0.1, -0.05) is 72.8 Å². The van der Waals surface area contributed by atoms with Crippen LogP contribution in [-0.4, -0.2) is 40.4 Å². The zero-order chi connectivity index (χ0) is 22.8. The molecule has 0 spiro atoms. The number of rotatable bonds is 7. The Bertz CT molecular complexity index is 1260. The topological polar surface area (TPSA) is 65.5 Å². The van der Waals surface area contributed by atoms with Gasteiger partial charge in [0.2, 0.25) is 0 Å². The van der Waals surface area contributed by atoms with Crippen LogP contribution in [0, 0.1) is 0 Å². The molecule has 1 fully saturated rings. The van der Waals surface area contributed by atoms with Crippen molar-refractivity contribution in [1.29, 1.82) is 0 Å². The summed E-state index contributed by atoms with van der Waals surface area (Å²) >= 11 is 1.63. The molecule has 1 atom stereocenters. The number of hydrogen-bond donors (Lipinski definition) is 1. The van der Waals surface area contributed by atoms with E-state index < -0.39 is 5.54 Å². The molecule has 1 unspecified atom stereocenters. The maximum absolute atomic E-state index is 13.8. The number of aromatic nitrogens is 1. The number of nitrogens with zero attached hydrogens (tertiary/aromatic N) is 3. The van der Waals surface area contributed by atoms with E-state index in [0.29, 0.717) is 13.0 Å². The van der Waals surface area contributed by atoms with Crippen molar-refractivity contribution in [3.63, 3.8) is 0 Å². The van der Waals surface area contributed by atoms with Crippen molar-refractivity contribution >= 4 is 33.5 Å². The first-order chi connectivity index (χ1) is 16.0. The standard InChI is InChI=1S/C26H24N4O2S/c1-29(17-23-27-21-14-8-9-15-22(21)33-23)18-30-24(31)26(28-25(30)32,20-12-6-3-7-13-20)16-19-10-4-2-5-11-19/h2-15H,16-18H2,1H3,(H,28,32). The molecule has 1 aliphatic rings. The summed E-state index contributed by atoms with van der Waals surface area (Å²) in [5, 5.41) is 3.97. The molecule has 1 aromatic heterocycles. The Morgan fingerprint density at radius 2 is 1.61 bits per heavy atom. The fraction of sp³-hybridized carbons (Fsp3) is 0.192. The van der Waals surface area contributed by atoms with Crippen LogP contribution in [0.15, 0.2) is 84.9 Å². The molecule has 3 amide bonds.